The van der Waals surface area contributed by atoms with Crippen molar-refractivity contribution in [2.24, 2.45) is 0 Å². The van der Waals surface area contributed by atoms with Crippen molar-refractivity contribution in [2.45, 2.75) is 25.0 Å². The number of alkyl halides is 1. The van der Waals surface area contributed by atoms with Gasteiger partial charge >= 0.3 is 0 Å². The smallest absolute Gasteiger partial charge is 0.0802 e. The number of halogens is 1. The van der Waals surface area contributed by atoms with Crippen molar-refractivity contribution in [3.05, 3.63) is 0 Å². The predicted octanol–water partition coefficient (Wildman–Crippen LogP) is 0.612. The van der Waals surface area contributed by atoms with Gasteiger partial charge in [0.2, 0.25) is 0 Å². The molecule has 2 unspecified atom stereocenters. The summed E-state index contributed by atoms with van der Waals surface area (Å²) in [5, 5.41) is 9.48. The van der Waals surface area contributed by atoms with Crippen molar-refractivity contribution in [1.82, 2.24) is 9.80 Å². The van der Waals surface area contributed by atoms with E-state index in [1.165, 1.54) is 12.8 Å². The number of likely N-dealkylation sites (tertiary alicyclic amines) is 1. The van der Waals surface area contributed by atoms with Crippen molar-refractivity contribution in [3.8, 4) is 0 Å². The minimum atomic E-state index is -0.376. The maximum absolute atomic E-state index is 9.48. The van der Waals surface area contributed by atoms with Gasteiger partial charge in [0.1, 0.15) is 0 Å². The fraction of sp³-hybridized carbons (Fsp3) is 1.00. The molecule has 1 aliphatic rings. The topological polar surface area (TPSA) is 26.7 Å². The first-order chi connectivity index (χ1) is 6.63. The fourth-order valence-electron chi connectivity index (χ4n) is 2.08. The second-order valence-electron chi connectivity index (χ2n) is 4.36. The van der Waals surface area contributed by atoms with E-state index >= 15 is 0 Å². The molecule has 0 spiro atoms. The van der Waals surface area contributed by atoms with E-state index in [1.807, 2.05) is 0 Å². The Bertz CT molecular complexity index is 166. The summed E-state index contributed by atoms with van der Waals surface area (Å²) in [6.07, 6.45) is 2.11. The maximum atomic E-state index is 9.48. The highest BCUT2D eigenvalue weighted by atomic mass is 35.5. The van der Waals surface area contributed by atoms with Gasteiger partial charge in [0.15, 0.2) is 0 Å². The second-order valence-corrected chi connectivity index (χ2v) is 4.67. The molecule has 0 aliphatic carbocycles. The molecule has 1 aliphatic heterocycles. The molecule has 0 bridgehead atoms. The molecule has 14 heavy (non-hydrogen) atoms. The predicted molar refractivity (Wildman–Crippen MR) is 59.9 cm³/mol. The Labute approximate surface area is 91.6 Å². The molecule has 1 rings (SSSR count). The van der Waals surface area contributed by atoms with Crippen LogP contribution in [0.2, 0.25) is 0 Å². The summed E-state index contributed by atoms with van der Waals surface area (Å²) in [6, 6.07) is 0.600. The van der Waals surface area contributed by atoms with Crippen molar-refractivity contribution < 1.29 is 5.11 Å². The third-order valence-corrected chi connectivity index (χ3v) is 3.05. The van der Waals surface area contributed by atoms with E-state index in [1.54, 1.807) is 0 Å². The molecular weight excluding hydrogens is 200 g/mol. The Morgan fingerprint density at radius 1 is 1.57 bits per heavy atom. The summed E-state index contributed by atoms with van der Waals surface area (Å²) >= 11 is 5.60. The van der Waals surface area contributed by atoms with Crippen LogP contribution >= 0.6 is 11.6 Å². The lowest BCUT2D eigenvalue weighted by Crippen LogP contribution is -2.41. The Hall–Kier alpha value is 0.170. The Balaban J connectivity index is 2.35. The molecule has 1 heterocycles. The molecule has 0 aromatic heterocycles. The van der Waals surface area contributed by atoms with E-state index in [2.05, 4.69) is 23.9 Å². The largest absolute Gasteiger partial charge is 0.391 e. The fourth-order valence-corrected chi connectivity index (χ4v) is 2.18. The van der Waals surface area contributed by atoms with E-state index in [4.69, 9.17) is 11.6 Å². The Morgan fingerprint density at radius 3 is 2.86 bits per heavy atom. The lowest BCUT2D eigenvalue weighted by Gasteiger charge is -2.28. The number of β-amino-alcohol motifs (C(OH)–C–C–N with tert-alkyl or cyclic N) is 1. The molecule has 0 radical (unpaired) electrons. The molecule has 84 valence electrons. The van der Waals surface area contributed by atoms with Crippen LogP contribution in [0.15, 0.2) is 0 Å². The first-order valence-electron chi connectivity index (χ1n) is 5.26. The van der Waals surface area contributed by atoms with Gasteiger partial charge in [0, 0.05) is 25.0 Å². The normalized spacial score (nSPS) is 25.9. The molecule has 1 saturated heterocycles. The highest BCUT2D eigenvalue weighted by Gasteiger charge is 2.26. The van der Waals surface area contributed by atoms with Crippen LogP contribution in [0.5, 0.6) is 0 Å². The molecule has 0 aromatic rings. The standard InChI is InChI=1S/C10H21ClN2O/c1-12(2)7-9-4-3-5-13(9)8-10(14)6-11/h9-10,14H,3-8H2,1-2H3. The summed E-state index contributed by atoms with van der Waals surface area (Å²) in [7, 11) is 4.18. The summed E-state index contributed by atoms with van der Waals surface area (Å²) in [5.41, 5.74) is 0. The van der Waals surface area contributed by atoms with Gasteiger partial charge in [-0.05, 0) is 33.5 Å². The zero-order valence-corrected chi connectivity index (χ0v) is 9.87. The number of hydrogen-bond acceptors (Lipinski definition) is 3. The van der Waals surface area contributed by atoms with Crippen LogP contribution in [0.4, 0.5) is 0 Å². The lowest BCUT2D eigenvalue weighted by atomic mass is 10.2. The van der Waals surface area contributed by atoms with Gasteiger partial charge in [0.05, 0.1) is 6.10 Å². The number of rotatable bonds is 5. The van der Waals surface area contributed by atoms with E-state index in [0.717, 1.165) is 19.6 Å². The molecule has 0 aromatic carbocycles. The van der Waals surface area contributed by atoms with Crippen LogP contribution in [-0.4, -0.2) is 66.7 Å². The first kappa shape index (κ1) is 12.2. The minimum Gasteiger partial charge on any atom is -0.391 e. The number of hydrogen-bond donors (Lipinski definition) is 1. The van der Waals surface area contributed by atoms with Gasteiger partial charge in [-0.25, -0.2) is 0 Å². The summed E-state index contributed by atoms with van der Waals surface area (Å²) in [5.74, 6) is 0.338. The Morgan fingerprint density at radius 2 is 2.29 bits per heavy atom. The molecule has 1 N–H and O–H groups in total. The third-order valence-electron chi connectivity index (χ3n) is 2.70. The van der Waals surface area contributed by atoms with Crippen LogP contribution in [0.3, 0.4) is 0 Å². The number of nitrogens with zero attached hydrogens (tertiary/aromatic N) is 2. The van der Waals surface area contributed by atoms with Gasteiger partial charge in [-0.1, -0.05) is 0 Å². The van der Waals surface area contributed by atoms with Crippen LogP contribution in [0.25, 0.3) is 0 Å². The van der Waals surface area contributed by atoms with Gasteiger partial charge < -0.3 is 10.0 Å². The van der Waals surface area contributed by atoms with E-state index in [9.17, 15) is 5.11 Å². The van der Waals surface area contributed by atoms with Crippen LogP contribution < -0.4 is 0 Å². The van der Waals surface area contributed by atoms with E-state index < -0.39 is 0 Å². The van der Waals surface area contributed by atoms with Gasteiger partial charge in [0.25, 0.3) is 0 Å². The third kappa shape index (κ3) is 3.73. The molecule has 2 atom stereocenters. The number of likely N-dealkylation sites (N-methyl/N-ethyl adjacent to an activating group) is 1. The summed E-state index contributed by atoms with van der Waals surface area (Å²) in [4.78, 5) is 4.56. The zero-order valence-electron chi connectivity index (χ0n) is 9.12. The molecule has 4 heteroatoms. The van der Waals surface area contributed by atoms with Crippen molar-refractivity contribution in [1.29, 1.82) is 0 Å². The number of aliphatic hydroxyl groups is 1. The van der Waals surface area contributed by atoms with Crippen LogP contribution in [0, 0.1) is 0 Å². The van der Waals surface area contributed by atoms with Crippen LogP contribution in [0.1, 0.15) is 12.8 Å². The molecule has 3 nitrogen and oxygen atoms in total. The van der Waals surface area contributed by atoms with Gasteiger partial charge in [-0.15, -0.1) is 11.6 Å². The zero-order chi connectivity index (χ0) is 10.6. The van der Waals surface area contributed by atoms with E-state index in [-0.39, 0.29) is 6.10 Å². The maximum Gasteiger partial charge on any atom is 0.0802 e. The highest BCUT2D eigenvalue weighted by molar-refractivity contribution is 6.18. The monoisotopic (exact) mass is 220 g/mol. The van der Waals surface area contributed by atoms with Gasteiger partial charge in [-0.2, -0.15) is 0 Å². The summed E-state index contributed by atoms with van der Waals surface area (Å²) in [6.45, 7) is 2.91. The first-order valence-corrected chi connectivity index (χ1v) is 5.79. The van der Waals surface area contributed by atoms with Crippen molar-refractivity contribution >= 4 is 11.6 Å². The number of aliphatic hydroxyl groups excluding tert-OH is 1. The van der Waals surface area contributed by atoms with E-state index in [0.29, 0.717) is 11.9 Å². The van der Waals surface area contributed by atoms with Crippen molar-refractivity contribution in [2.75, 3.05) is 39.6 Å². The summed E-state index contributed by atoms with van der Waals surface area (Å²) < 4.78 is 0. The highest BCUT2D eigenvalue weighted by Crippen LogP contribution is 2.17. The quantitative estimate of drug-likeness (QED) is 0.688. The van der Waals surface area contributed by atoms with Crippen LogP contribution in [-0.2, 0) is 0 Å². The van der Waals surface area contributed by atoms with Gasteiger partial charge in [-0.3, -0.25) is 4.90 Å². The molecule has 0 amide bonds. The Kier molecular flexibility index (Phi) is 5.17. The lowest BCUT2D eigenvalue weighted by molar-refractivity contribution is 0.112. The molecule has 0 saturated carbocycles. The SMILES string of the molecule is CN(C)CC1CCCN1CC(O)CCl. The second kappa shape index (κ2) is 5.91. The molecule has 1 fully saturated rings. The van der Waals surface area contributed by atoms with Crippen molar-refractivity contribution in [3.63, 3.8) is 0 Å². The average molecular weight is 221 g/mol. The minimum absolute atomic E-state index is 0.338. The average Bonchev–Trinajstić information content (AvgIpc) is 2.52. The molecular formula is C10H21ClN2O.